The first-order valence-electron chi connectivity index (χ1n) is 7.73. The summed E-state index contributed by atoms with van der Waals surface area (Å²) in [5, 5.41) is 2.85. The van der Waals surface area contributed by atoms with Crippen molar-refractivity contribution in [1.82, 2.24) is 10.2 Å². The largest absolute Gasteiger partial charge is 0.326 e. The Morgan fingerprint density at radius 2 is 2.05 bits per heavy atom. The molecule has 2 fully saturated rings. The highest BCUT2D eigenvalue weighted by Gasteiger charge is 2.53. The second-order valence-electron chi connectivity index (χ2n) is 6.29. The van der Waals surface area contributed by atoms with Crippen LogP contribution in [0.1, 0.15) is 43.7 Å². The molecule has 2 aliphatic rings. The summed E-state index contributed by atoms with van der Waals surface area (Å²) in [6.07, 6.45) is 1.77. The molecule has 1 heterocycles. The van der Waals surface area contributed by atoms with Gasteiger partial charge in [0, 0.05) is 12.0 Å². The number of urea groups is 1. The van der Waals surface area contributed by atoms with Crippen LogP contribution in [-0.2, 0) is 4.79 Å². The van der Waals surface area contributed by atoms with Crippen LogP contribution in [-0.4, -0.2) is 28.9 Å². The number of amides is 3. The molecular formula is C17H22N2O2. The maximum atomic E-state index is 12.5. The zero-order valence-electron chi connectivity index (χ0n) is 12.8. The van der Waals surface area contributed by atoms with Crippen molar-refractivity contribution in [2.45, 2.75) is 51.6 Å². The fraction of sp³-hybridized carbons (Fsp3) is 0.529. The molecule has 0 bridgehead atoms. The van der Waals surface area contributed by atoms with Crippen molar-refractivity contribution in [3.05, 3.63) is 35.4 Å². The first kappa shape index (κ1) is 14.1. The first-order valence-corrected chi connectivity index (χ1v) is 7.73. The van der Waals surface area contributed by atoms with Crippen molar-refractivity contribution in [2.24, 2.45) is 5.92 Å². The van der Waals surface area contributed by atoms with Gasteiger partial charge in [-0.25, -0.2) is 4.79 Å². The van der Waals surface area contributed by atoms with E-state index in [0.717, 1.165) is 12.8 Å². The van der Waals surface area contributed by atoms with E-state index in [4.69, 9.17) is 0 Å². The van der Waals surface area contributed by atoms with Gasteiger partial charge in [0.1, 0.15) is 6.04 Å². The molecule has 4 heteroatoms. The van der Waals surface area contributed by atoms with E-state index in [0.29, 0.717) is 5.92 Å². The Hall–Kier alpha value is -1.84. The van der Waals surface area contributed by atoms with E-state index in [1.807, 2.05) is 26.0 Å². The number of rotatable bonds is 4. The van der Waals surface area contributed by atoms with Gasteiger partial charge < -0.3 is 5.32 Å². The van der Waals surface area contributed by atoms with Crippen LogP contribution in [0.4, 0.5) is 4.79 Å². The molecule has 1 N–H and O–H groups in total. The lowest BCUT2D eigenvalue weighted by Crippen LogP contribution is -2.36. The number of aryl methyl sites for hydroxylation is 1. The molecule has 1 saturated carbocycles. The monoisotopic (exact) mass is 286 g/mol. The highest BCUT2D eigenvalue weighted by Crippen LogP contribution is 2.47. The minimum absolute atomic E-state index is 0.0349. The Kier molecular flexibility index (Phi) is 3.47. The van der Waals surface area contributed by atoms with Crippen molar-refractivity contribution in [2.75, 3.05) is 0 Å². The van der Waals surface area contributed by atoms with Gasteiger partial charge in [0.15, 0.2) is 0 Å². The second-order valence-corrected chi connectivity index (χ2v) is 6.29. The third kappa shape index (κ3) is 2.33. The average molecular weight is 286 g/mol. The van der Waals surface area contributed by atoms with E-state index in [1.54, 1.807) is 0 Å². The van der Waals surface area contributed by atoms with Crippen LogP contribution in [0.15, 0.2) is 24.3 Å². The summed E-state index contributed by atoms with van der Waals surface area (Å²) in [5.41, 5.74) is 2.49. The van der Waals surface area contributed by atoms with E-state index in [1.165, 1.54) is 16.0 Å². The molecule has 1 aliphatic heterocycles. The second kappa shape index (κ2) is 5.17. The van der Waals surface area contributed by atoms with Gasteiger partial charge in [-0.15, -0.1) is 0 Å². The van der Waals surface area contributed by atoms with E-state index in [-0.39, 0.29) is 29.9 Å². The van der Waals surface area contributed by atoms with Crippen molar-refractivity contribution >= 4 is 11.9 Å². The zero-order valence-corrected chi connectivity index (χ0v) is 12.8. The SMILES string of the molecule is CC[C@H](C)[C@@H]1NC(=O)N([C@@H]2C[C@H]2c2ccccc2C)C1=O. The highest BCUT2D eigenvalue weighted by atomic mass is 16.2. The Morgan fingerprint density at radius 1 is 1.33 bits per heavy atom. The van der Waals surface area contributed by atoms with Gasteiger partial charge in [0.25, 0.3) is 5.91 Å². The first-order chi connectivity index (χ1) is 10.0. The molecule has 1 aromatic carbocycles. The molecule has 112 valence electrons. The molecule has 1 aliphatic carbocycles. The summed E-state index contributed by atoms with van der Waals surface area (Å²) in [6.45, 7) is 6.14. The molecule has 1 saturated heterocycles. The molecule has 0 radical (unpaired) electrons. The minimum Gasteiger partial charge on any atom is -0.326 e. The van der Waals surface area contributed by atoms with E-state index in [9.17, 15) is 9.59 Å². The zero-order chi connectivity index (χ0) is 15.1. The maximum Gasteiger partial charge on any atom is 0.325 e. The number of carbonyl (C=O) groups is 2. The third-order valence-corrected chi connectivity index (χ3v) is 4.89. The number of benzene rings is 1. The number of nitrogens with zero attached hydrogens (tertiary/aromatic N) is 1. The summed E-state index contributed by atoms with van der Waals surface area (Å²) < 4.78 is 0. The van der Waals surface area contributed by atoms with Crippen LogP contribution < -0.4 is 5.32 Å². The predicted octanol–water partition coefficient (Wildman–Crippen LogP) is 2.82. The fourth-order valence-corrected chi connectivity index (χ4v) is 3.25. The lowest BCUT2D eigenvalue weighted by atomic mass is 9.99. The molecule has 3 rings (SSSR count). The number of hydrogen-bond acceptors (Lipinski definition) is 2. The van der Waals surface area contributed by atoms with Crippen LogP contribution in [0.3, 0.4) is 0 Å². The highest BCUT2D eigenvalue weighted by molar-refractivity contribution is 6.05. The number of hydrogen-bond donors (Lipinski definition) is 1. The summed E-state index contributed by atoms with van der Waals surface area (Å²) in [4.78, 5) is 26.1. The number of nitrogens with one attached hydrogen (secondary N) is 1. The molecule has 4 nitrogen and oxygen atoms in total. The topological polar surface area (TPSA) is 49.4 Å². The Labute approximate surface area is 125 Å². The summed E-state index contributed by atoms with van der Waals surface area (Å²) >= 11 is 0. The summed E-state index contributed by atoms with van der Waals surface area (Å²) in [7, 11) is 0. The molecule has 0 aromatic heterocycles. The van der Waals surface area contributed by atoms with Gasteiger partial charge in [0.2, 0.25) is 0 Å². The number of imide groups is 1. The van der Waals surface area contributed by atoms with Gasteiger partial charge in [0.05, 0.1) is 0 Å². The Balaban J connectivity index is 1.76. The summed E-state index contributed by atoms with van der Waals surface area (Å²) in [6, 6.07) is 7.69. The normalized spacial score (nSPS) is 29.5. The third-order valence-electron chi connectivity index (χ3n) is 4.89. The predicted molar refractivity (Wildman–Crippen MR) is 80.9 cm³/mol. The molecular weight excluding hydrogens is 264 g/mol. The molecule has 21 heavy (non-hydrogen) atoms. The molecule has 3 amide bonds. The van der Waals surface area contributed by atoms with Crippen molar-refractivity contribution in [3.63, 3.8) is 0 Å². The lowest BCUT2D eigenvalue weighted by molar-refractivity contribution is -0.128. The standard InChI is InChI=1S/C17H22N2O2/c1-4-10(2)15-16(20)19(17(21)18-15)14-9-13(14)12-8-6-5-7-11(12)3/h5-8,10,13-15H,4,9H2,1-3H3,(H,18,21)/t10-,13-,14+,15-/m0/s1. The van der Waals surface area contributed by atoms with Crippen LogP contribution in [0.5, 0.6) is 0 Å². The lowest BCUT2D eigenvalue weighted by Gasteiger charge is -2.16. The van der Waals surface area contributed by atoms with Gasteiger partial charge in [-0.1, -0.05) is 44.5 Å². The molecule has 0 spiro atoms. The van der Waals surface area contributed by atoms with Crippen LogP contribution in [0.25, 0.3) is 0 Å². The van der Waals surface area contributed by atoms with Crippen molar-refractivity contribution in [1.29, 1.82) is 0 Å². The smallest absolute Gasteiger partial charge is 0.325 e. The van der Waals surface area contributed by atoms with Crippen LogP contribution >= 0.6 is 0 Å². The summed E-state index contributed by atoms with van der Waals surface area (Å²) in [5.74, 6) is 0.439. The quantitative estimate of drug-likeness (QED) is 0.865. The number of carbonyl (C=O) groups excluding carboxylic acids is 2. The van der Waals surface area contributed by atoms with E-state index >= 15 is 0 Å². The van der Waals surface area contributed by atoms with Crippen molar-refractivity contribution < 1.29 is 9.59 Å². The Morgan fingerprint density at radius 3 is 2.71 bits per heavy atom. The maximum absolute atomic E-state index is 12.5. The molecule has 0 unspecified atom stereocenters. The van der Waals surface area contributed by atoms with Gasteiger partial charge >= 0.3 is 6.03 Å². The van der Waals surface area contributed by atoms with E-state index < -0.39 is 0 Å². The van der Waals surface area contributed by atoms with Gasteiger partial charge in [-0.2, -0.15) is 0 Å². The fourth-order valence-electron chi connectivity index (χ4n) is 3.25. The Bertz CT molecular complexity index is 584. The minimum atomic E-state index is -0.347. The van der Waals surface area contributed by atoms with Gasteiger partial charge in [-0.3, -0.25) is 9.69 Å². The van der Waals surface area contributed by atoms with Crippen LogP contribution in [0, 0.1) is 12.8 Å². The van der Waals surface area contributed by atoms with E-state index in [2.05, 4.69) is 24.4 Å². The molecule has 1 aromatic rings. The van der Waals surface area contributed by atoms with Crippen molar-refractivity contribution in [3.8, 4) is 0 Å². The van der Waals surface area contributed by atoms with Gasteiger partial charge in [-0.05, 0) is 30.4 Å². The average Bonchev–Trinajstić information content (AvgIpc) is 3.18. The molecule has 4 atom stereocenters. The van der Waals surface area contributed by atoms with Crippen LogP contribution in [0.2, 0.25) is 0 Å².